The molecule has 9 nitrogen and oxygen atoms in total. The van der Waals surface area contributed by atoms with Crippen LogP contribution in [0.15, 0.2) is 18.2 Å². The normalized spacial score (nSPS) is 11.1. The molecule has 3 heterocycles. The van der Waals surface area contributed by atoms with E-state index >= 15 is 0 Å². The van der Waals surface area contributed by atoms with E-state index in [1.807, 2.05) is 27.7 Å². The molecule has 0 radical (unpaired) electrons. The van der Waals surface area contributed by atoms with Crippen LogP contribution in [0.25, 0.3) is 0 Å². The van der Waals surface area contributed by atoms with Crippen LogP contribution in [0.2, 0.25) is 0 Å². The van der Waals surface area contributed by atoms with Gasteiger partial charge in [0.25, 0.3) is 11.8 Å². The number of amides is 2. The van der Waals surface area contributed by atoms with Gasteiger partial charge in [0.05, 0.1) is 0 Å². The number of anilines is 2. The molecule has 3 rings (SSSR count). The fourth-order valence-corrected chi connectivity index (χ4v) is 3.53. The van der Waals surface area contributed by atoms with Gasteiger partial charge in [0.15, 0.2) is 0 Å². The van der Waals surface area contributed by atoms with Crippen LogP contribution in [0.4, 0.5) is 10.3 Å². The minimum atomic E-state index is -0.459. The molecule has 0 spiro atoms. The molecule has 0 atom stereocenters. The maximum atomic E-state index is 12.4. The predicted molar refractivity (Wildman–Crippen MR) is 108 cm³/mol. The summed E-state index contributed by atoms with van der Waals surface area (Å²) in [6, 6.07) is 4.65. The first kappa shape index (κ1) is 20.0. The summed E-state index contributed by atoms with van der Waals surface area (Å²) in [5, 5.41) is 23.7. The van der Waals surface area contributed by atoms with E-state index in [4.69, 9.17) is 0 Å². The highest BCUT2D eigenvalue weighted by molar-refractivity contribution is 7.15. The number of carbonyl (C=O) groups excluding carboxylic acids is 2. The molecular formula is C17H19N7O2S2. The molecule has 11 heteroatoms. The Morgan fingerprint density at radius 3 is 1.57 bits per heavy atom. The summed E-state index contributed by atoms with van der Waals surface area (Å²) in [6.07, 6.45) is 0. The smallest absolute Gasteiger partial charge is 0.276 e. The Labute approximate surface area is 169 Å². The van der Waals surface area contributed by atoms with E-state index in [0.29, 0.717) is 10.3 Å². The van der Waals surface area contributed by atoms with Crippen LogP contribution >= 0.6 is 22.7 Å². The van der Waals surface area contributed by atoms with Crippen molar-refractivity contribution in [3.63, 3.8) is 0 Å². The fourth-order valence-electron chi connectivity index (χ4n) is 2.05. The lowest BCUT2D eigenvalue weighted by molar-refractivity contribution is 0.101. The van der Waals surface area contributed by atoms with E-state index in [-0.39, 0.29) is 23.2 Å². The molecule has 0 saturated heterocycles. The Balaban J connectivity index is 1.69. The Morgan fingerprint density at radius 1 is 0.786 bits per heavy atom. The van der Waals surface area contributed by atoms with Gasteiger partial charge in [-0.15, -0.1) is 20.4 Å². The van der Waals surface area contributed by atoms with Crippen LogP contribution in [-0.4, -0.2) is 37.2 Å². The minimum absolute atomic E-state index is 0.106. The molecule has 0 aromatic carbocycles. The molecule has 0 bridgehead atoms. The highest BCUT2D eigenvalue weighted by atomic mass is 32.1. The van der Waals surface area contributed by atoms with Crippen molar-refractivity contribution in [3.05, 3.63) is 39.6 Å². The zero-order valence-electron chi connectivity index (χ0n) is 15.8. The molecule has 146 valence electrons. The van der Waals surface area contributed by atoms with Crippen molar-refractivity contribution in [1.29, 1.82) is 0 Å². The van der Waals surface area contributed by atoms with Gasteiger partial charge in [-0.1, -0.05) is 56.4 Å². The molecule has 0 saturated carbocycles. The molecule has 2 amide bonds. The SMILES string of the molecule is CC(C)c1nnc(NC(=O)c2cccc(C(=O)Nc3nnc(C(C)C)s3)n2)s1. The van der Waals surface area contributed by atoms with Crippen molar-refractivity contribution in [1.82, 2.24) is 25.4 Å². The summed E-state index contributed by atoms with van der Waals surface area (Å²) in [6.45, 7) is 7.99. The Kier molecular flexibility index (Phi) is 6.05. The molecule has 0 unspecified atom stereocenters. The highest BCUT2D eigenvalue weighted by Gasteiger charge is 2.17. The monoisotopic (exact) mass is 417 g/mol. The minimum Gasteiger partial charge on any atom is -0.295 e. The van der Waals surface area contributed by atoms with Gasteiger partial charge in [-0.05, 0) is 12.1 Å². The van der Waals surface area contributed by atoms with E-state index in [1.54, 1.807) is 6.07 Å². The second kappa shape index (κ2) is 8.48. The number of hydrogen-bond acceptors (Lipinski definition) is 9. The number of aromatic nitrogens is 5. The Morgan fingerprint density at radius 2 is 1.21 bits per heavy atom. The van der Waals surface area contributed by atoms with Gasteiger partial charge in [0, 0.05) is 11.8 Å². The van der Waals surface area contributed by atoms with Gasteiger partial charge in [0.2, 0.25) is 10.3 Å². The number of rotatable bonds is 6. The van der Waals surface area contributed by atoms with Gasteiger partial charge >= 0.3 is 0 Å². The third-order valence-corrected chi connectivity index (χ3v) is 5.80. The third-order valence-electron chi connectivity index (χ3n) is 3.52. The maximum absolute atomic E-state index is 12.4. The lowest BCUT2D eigenvalue weighted by atomic mass is 10.2. The van der Waals surface area contributed by atoms with Crippen LogP contribution in [-0.2, 0) is 0 Å². The van der Waals surface area contributed by atoms with E-state index in [1.165, 1.54) is 34.8 Å². The summed E-state index contributed by atoms with van der Waals surface area (Å²) < 4.78 is 0. The molecule has 3 aromatic rings. The van der Waals surface area contributed by atoms with Crippen molar-refractivity contribution >= 4 is 44.8 Å². The van der Waals surface area contributed by atoms with Crippen LogP contribution in [0.5, 0.6) is 0 Å². The molecule has 2 N–H and O–H groups in total. The second-order valence-electron chi connectivity index (χ2n) is 6.52. The average Bonchev–Trinajstić information content (AvgIpc) is 3.31. The largest absolute Gasteiger partial charge is 0.295 e. The topological polar surface area (TPSA) is 123 Å². The van der Waals surface area contributed by atoms with Gasteiger partial charge in [-0.3, -0.25) is 20.2 Å². The van der Waals surface area contributed by atoms with Crippen LogP contribution in [0, 0.1) is 0 Å². The summed E-state index contributed by atoms with van der Waals surface area (Å²) >= 11 is 2.61. The van der Waals surface area contributed by atoms with Crippen molar-refractivity contribution in [2.45, 2.75) is 39.5 Å². The second-order valence-corrected chi connectivity index (χ2v) is 8.53. The first-order chi connectivity index (χ1) is 13.3. The molecular weight excluding hydrogens is 398 g/mol. The maximum Gasteiger partial charge on any atom is 0.276 e. The van der Waals surface area contributed by atoms with E-state index in [9.17, 15) is 9.59 Å². The molecule has 0 aliphatic rings. The molecule has 28 heavy (non-hydrogen) atoms. The Hall–Kier alpha value is -2.79. The summed E-state index contributed by atoms with van der Waals surface area (Å²) in [5.41, 5.74) is 0.211. The molecule has 3 aromatic heterocycles. The molecule has 0 fully saturated rings. The average molecular weight is 418 g/mol. The van der Waals surface area contributed by atoms with E-state index < -0.39 is 11.8 Å². The lowest BCUT2D eigenvalue weighted by Gasteiger charge is -2.04. The standard InChI is InChI=1S/C17H19N7O2S2/c1-8(2)14-21-23-16(27-14)19-12(25)10-6-5-7-11(18-10)13(26)20-17-24-22-15(28-17)9(3)4/h5-9H,1-4H3,(H,19,23,25)(H,20,24,26). The fraction of sp³-hybridized carbons (Fsp3) is 0.353. The quantitative estimate of drug-likeness (QED) is 0.629. The molecule has 0 aliphatic heterocycles. The van der Waals surface area contributed by atoms with Crippen LogP contribution < -0.4 is 10.6 Å². The predicted octanol–water partition coefficient (Wildman–Crippen LogP) is 3.54. The molecule has 0 aliphatic carbocycles. The van der Waals surface area contributed by atoms with Crippen molar-refractivity contribution in [2.75, 3.05) is 10.6 Å². The van der Waals surface area contributed by atoms with Crippen molar-refractivity contribution < 1.29 is 9.59 Å². The lowest BCUT2D eigenvalue weighted by Crippen LogP contribution is -2.18. The Bertz CT molecular complexity index is 921. The van der Waals surface area contributed by atoms with Gasteiger partial charge in [-0.25, -0.2) is 4.98 Å². The van der Waals surface area contributed by atoms with E-state index in [2.05, 4.69) is 36.0 Å². The summed E-state index contributed by atoms with van der Waals surface area (Å²) in [4.78, 5) is 29.0. The van der Waals surface area contributed by atoms with Crippen LogP contribution in [0.3, 0.4) is 0 Å². The summed E-state index contributed by atoms with van der Waals surface area (Å²) in [5.74, 6) is -0.465. The van der Waals surface area contributed by atoms with Crippen molar-refractivity contribution in [2.24, 2.45) is 0 Å². The number of nitrogens with zero attached hydrogens (tertiary/aromatic N) is 5. The zero-order valence-corrected chi connectivity index (χ0v) is 17.4. The number of pyridine rings is 1. The summed E-state index contributed by atoms with van der Waals surface area (Å²) in [7, 11) is 0. The number of hydrogen-bond donors (Lipinski definition) is 2. The van der Waals surface area contributed by atoms with Gasteiger partial charge in [0.1, 0.15) is 21.4 Å². The zero-order chi connectivity index (χ0) is 20.3. The van der Waals surface area contributed by atoms with E-state index in [0.717, 1.165) is 10.0 Å². The highest BCUT2D eigenvalue weighted by Crippen LogP contribution is 2.23. The first-order valence-electron chi connectivity index (χ1n) is 8.60. The first-order valence-corrected chi connectivity index (χ1v) is 10.2. The van der Waals surface area contributed by atoms with Gasteiger partial charge < -0.3 is 0 Å². The van der Waals surface area contributed by atoms with Crippen LogP contribution in [0.1, 0.15) is 70.5 Å². The van der Waals surface area contributed by atoms with Crippen molar-refractivity contribution in [3.8, 4) is 0 Å². The number of nitrogens with one attached hydrogen (secondary N) is 2. The number of carbonyl (C=O) groups is 2. The van der Waals surface area contributed by atoms with Gasteiger partial charge in [-0.2, -0.15) is 0 Å². The third kappa shape index (κ3) is 4.73.